The van der Waals surface area contributed by atoms with Crippen LogP contribution in [0.2, 0.25) is 0 Å². The van der Waals surface area contributed by atoms with Crippen molar-refractivity contribution in [2.45, 2.75) is 71.1 Å². The zero-order chi connectivity index (χ0) is 23.3. The van der Waals surface area contributed by atoms with Gasteiger partial charge in [0, 0.05) is 47.6 Å². The van der Waals surface area contributed by atoms with E-state index < -0.39 is 10.0 Å². The first-order valence-corrected chi connectivity index (χ1v) is 13.1. The summed E-state index contributed by atoms with van der Waals surface area (Å²) in [7, 11) is -3.72. The number of rotatable bonds is 7. The first kappa shape index (κ1) is 23.2. The van der Waals surface area contributed by atoms with Gasteiger partial charge in [0.1, 0.15) is 0 Å². The number of nitrogens with zero attached hydrogens (tertiary/aromatic N) is 1. The van der Waals surface area contributed by atoms with E-state index in [1.165, 1.54) is 0 Å². The van der Waals surface area contributed by atoms with E-state index in [4.69, 9.17) is 0 Å². The zero-order valence-electron chi connectivity index (χ0n) is 19.8. The monoisotopic (exact) mass is 457 g/mol. The van der Waals surface area contributed by atoms with Crippen molar-refractivity contribution in [3.05, 3.63) is 35.2 Å². The van der Waals surface area contributed by atoms with Crippen molar-refractivity contribution in [2.75, 3.05) is 13.1 Å². The van der Waals surface area contributed by atoms with Crippen LogP contribution in [0.25, 0.3) is 10.8 Å². The number of nitrogens with one attached hydrogen (secondary N) is 2. The van der Waals surface area contributed by atoms with E-state index in [-0.39, 0.29) is 23.2 Å². The van der Waals surface area contributed by atoms with E-state index in [0.29, 0.717) is 36.7 Å². The van der Waals surface area contributed by atoms with E-state index in [2.05, 4.69) is 35.8 Å². The summed E-state index contributed by atoms with van der Waals surface area (Å²) in [4.78, 5) is 17.8. The molecule has 1 fully saturated rings. The van der Waals surface area contributed by atoms with Crippen LogP contribution in [0, 0.1) is 17.3 Å². The number of hydrogen-bond donors (Lipinski definition) is 2. The Labute approximate surface area is 191 Å². The van der Waals surface area contributed by atoms with Crippen molar-refractivity contribution in [3.8, 4) is 0 Å². The van der Waals surface area contributed by atoms with Crippen molar-refractivity contribution >= 4 is 26.7 Å². The summed E-state index contributed by atoms with van der Waals surface area (Å²) >= 11 is 0. The van der Waals surface area contributed by atoms with Crippen LogP contribution in [-0.4, -0.2) is 32.4 Å². The molecule has 1 aromatic carbocycles. The molecule has 0 aliphatic heterocycles. The molecule has 4 rings (SSSR count). The Morgan fingerprint density at radius 2 is 1.91 bits per heavy atom. The lowest BCUT2D eigenvalue weighted by Gasteiger charge is -2.20. The van der Waals surface area contributed by atoms with Crippen molar-refractivity contribution in [3.63, 3.8) is 0 Å². The molecule has 2 N–H and O–H groups in total. The molecule has 1 heterocycles. The fourth-order valence-electron chi connectivity index (χ4n) is 4.31. The van der Waals surface area contributed by atoms with Crippen molar-refractivity contribution in [1.82, 2.24) is 15.0 Å². The quantitative estimate of drug-likeness (QED) is 0.660. The summed E-state index contributed by atoms with van der Waals surface area (Å²) < 4.78 is 29.8. The molecule has 0 radical (unpaired) electrons. The molecule has 1 amide bonds. The molecule has 2 aliphatic rings. The van der Waals surface area contributed by atoms with Gasteiger partial charge in [-0.2, -0.15) is 0 Å². The summed E-state index contributed by atoms with van der Waals surface area (Å²) in [5.41, 5.74) is 2.70. The number of carbonyl (C=O) groups is 1. The van der Waals surface area contributed by atoms with Crippen LogP contribution in [0.4, 0.5) is 0 Å². The summed E-state index contributed by atoms with van der Waals surface area (Å²) in [5, 5.41) is 4.61. The van der Waals surface area contributed by atoms with Crippen LogP contribution < -0.4 is 10.0 Å². The smallest absolute Gasteiger partial charge is 0.241 e. The van der Waals surface area contributed by atoms with E-state index in [1.54, 1.807) is 6.20 Å². The first-order valence-electron chi connectivity index (χ1n) is 11.7. The molecule has 1 atom stereocenters. The molecule has 174 valence electrons. The van der Waals surface area contributed by atoms with Crippen LogP contribution in [0.3, 0.4) is 0 Å². The summed E-state index contributed by atoms with van der Waals surface area (Å²) in [6.45, 7) is 11.2. The minimum absolute atomic E-state index is 0.00403. The number of sulfonamides is 1. The van der Waals surface area contributed by atoms with Crippen LogP contribution in [0.5, 0.6) is 0 Å². The highest BCUT2D eigenvalue weighted by Gasteiger charge is 2.35. The Morgan fingerprint density at radius 1 is 1.19 bits per heavy atom. The predicted molar refractivity (Wildman–Crippen MR) is 127 cm³/mol. The van der Waals surface area contributed by atoms with E-state index >= 15 is 0 Å². The fraction of sp³-hybridized carbons (Fsp3) is 0.600. The normalized spacial score (nSPS) is 18.9. The lowest BCUT2D eigenvalue weighted by atomic mass is 9.96. The molecule has 0 saturated heterocycles. The molecule has 7 heteroatoms. The maximum absolute atomic E-state index is 13.5. The maximum Gasteiger partial charge on any atom is 0.241 e. The van der Waals surface area contributed by atoms with Crippen molar-refractivity contribution in [2.24, 2.45) is 17.3 Å². The number of pyridine rings is 1. The van der Waals surface area contributed by atoms with Crippen LogP contribution in [0.1, 0.15) is 70.2 Å². The van der Waals surface area contributed by atoms with Crippen molar-refractivity contribution in [1.29, 1.82) is 0 Å². The minimum Gasteiger partial charge on any atom is -0.355 e. The zero-order valence-corrected chi connectivity index (χ0v) is 20.6. The summed E-state index contributed by atoms with van der Waals surface area (Å²) in [6, 6.07) is 4.00. The van der Waals surface area contributed by atoms with Gasteiger partial charge in [0.05, 0.1) is 4.90 Å². The Morgan fingerprint density at radius 3 is 2.53 bits per heavy atom. The third kappa shape index (κ3) is 4.99. The number of carbonyl (C=O) groups excluding carboxylic acids is 1. The second kappa shape index (κ2) is 8.41. The first-order chi connectivity index (χ1) is 14.9. The molecule has 32 heavy (non-hydrogen) atoms. The third-order valence-electron chi connectivity index (χ3n) is 6.22. The third-order valence-corrected chi connectivity index (χ3v) is 7.77. The van der Waals surface area contributed by atoms with E-state index in [0.717, 1.165) is 40.4 Å². The average Bonchev–Trinajstić information content (AvgIpc) is 3.47. The molecule has 1 saturated carbocycles. The second-order valence-corrected chi connectivity index (χ2v) is 12.8. The molecule has 2 aliphatic carbocycles. The van der Waals surface area contributed by atoms with E-state index in [9.17, 15) is 13.2 Å². The lowest BCUT2D eigenvalue weighted by Crippen LogP contribution is -2.37. The highest BCUT2D eigenvalue weighted by atomic mass is 32.2. The highest BCUT2D eigenvalue weighted by molar-refractivity contribution is 7.89. The van der Waals surface area contributed by atoms with Gasteiger partial charge in [0.25, 0.3) is 0 Å². The number of aromatic nitrogens is 1. The van der Waals surface area contributed by atoms with Gasteiger partial charge in [-0.25, -0.2) is 13.1 Å². The largest absolute Gasteiger partial charge is 0.355 e. The number of hydrogen-bond acceptors (Lipinski definition) is 4. The average molecular weight is 458 g/mol. The predicted octanol–water partition coefficient (Wildman–Crippen LogP) is 3.92. The standard InChI is InChI=1S/C25H35N3O3S/c1-15(2)12-28-32(30,31)23-20-10-18(24(29)27-14-25(3,4)5)8-17(20)9-19-13-26-22(11-21(19)23)16-6-7-16/h9,11,13,15-16,18,28H,6-8,10,12,14H2,1-5H3,(H,27,29). The second-order valence-electron chi connectivity index (χ2n) is 11.1. The van der Waals surface area contributed by atoms with Gasteiger partial charge in [-0.1, -0.05) is 34.6 Å². The molecule has 1 unspecified atom stereocenters. The lowest BCUT2D eigenvalue weighted by molar-refractivity contribution is -0.125. The Balaban J connectivity index is 1.75. The maximum atomic E-state index is 13.5. The van der Waals surface area contributed by atoms with Crippen LogP contribution in [-0.2, 0) is 27.7 Å². The molecule has 1 aromatic heterocycles. The molecule has 0 spiro atoms. The molecule has 2 aromatic rings. The van der Waals surface area contributed by atoms with Gasteiger partial charge < -0.3 is 5.32 Å². The summed E-state index contributed by atoms with van der Waals surface area (Å²) in [5.74, 6) is 0.379. The van der Waals surface area contributed by atoms with Crippen molar-refractivity contribution < 1.29 is 13.2 Å². The molecule has 0 bridgehead atoms. The SMILES string of the molecule is CC(C)CNS(=O)(=O)c1c2c(cc3cnc(C4CC4)cc13)CC(C(=O)NCC(C)(C)C)C2. The van der Waals surface area contributed by atoms with Gasteiger partial charge in [-0.3, -0.25) is 9.78 Å². The number of amides is 1. The van der Waals surface area contributed by atoms with E-state index in [1.807, 2.05) is 26.0 Å². The molecule has 6 nitrogen and oxygen atoms in total. The molecular weight excluding hydrogens is 422 g/mol. The summed E-state index contributed by atoms with van der Waals surface area (Å²) in [6.07, 6.45) is 5.01. The topological polar surface area (TPSA) is 88.2 Å². The van der Waals surface area contributed by atoms with Gasteiger partial charge >= 0.3 is 0 Å². The van der Waals surface area contributed by atoms with Gasteiger partial charge in [0.2, 0.25) is 15.9 Å². The van der Waals surface area contributed by atoms with Gasteiger partial charge in [-0.15, -0.1) is 0 Å². The van der Waals surface area contributed by atoms with Crippen LogP contribution in [0.15, 0.2) is 23.2 Å². The number of fused-ring (bicyclic) bond motifs is 2. The minimum atomic E-state index is -3.72. The van der Waals surface area contributed by atoms with Gasteiger partial charge in [-0.05, 0) is 60.3 Å². The van der Waals surface area contributed by atoms with Crippen LogP contribution >= 0.6 is 0 Å². The Hall–Kier alpha value is -1.99. The Bertz CT molecular complexity index is 1150. The Kier molecular flexibility index (Phi) is 6.09. The molecular formula is C25H35N3O3S. The van der Waals surface area contributed by atoms with Gasteiger partial charge in [0.15, 0.2) is 0 Å². The fourth-order valence-corrected chi connectivity index (χ4v) is 6.01. The number of benzene rings is 1. The highest BCUT2D eigenvalue weighted by Crippen LogP contribution is 2.42.